The number of hydrogen-bond acceptors (Lipinski definition) is 0. The molecule has 0 fully saturated rings. The highest BCUT2D eigenvalue weighted by Gasteiger charge is 2.18. The third kappa shape index (κ3) is 2.73. The van der Waals surface area contributed by atoms with Gasteiger partial charge in [-0.2, -0.15) is 0 Å². The van der Waals surface area contributed by atoms with Crippen molar-refractivity contribution >= 4 is 23.2 Å². The zero-order valence-corrected chi connectivity index (χ0v) is 14.2. The zero-order valence-electron chi connectivity index (χ0n) is 12.6. The summed E-state index contributed by atoms with van der Waals surface area (Å²) in [7, 11) is 0. The Labute approximate surface area is 131 Å². The van der Waals surface area contributed by atoms with Gasteiger partial charge in [-0.05, 0) is 79.6 Å². The number of aryl methyl sites for hydroxylation is 3. The molecule has 0 aliphatic carbocycles. The van der Waals surface area contributed by atoms with Crippen molar-refractivity contribution in [1.29, 1.82) is 0 Å². The number of benzene rings is 2. The van der Waals surface area contributed by atoms with E-state index in [1.54, 1.807) is 0 Å². The van der Waals surface area contributed by atoms with Gasteiger partial charge in [0.15, 0.2) is 0 Å². The van der Waals surface area contributed by atoms with E-state index in [1.165, 1.54) is 27.8 Å². The number of halogens is 2. The molecule has 0 heterocycles. The van der Waals surface area contributed by atoms with Gasteiger partial charge in [0, 0.05) is 5.02 Å². The highest BCUT2D eigenvalue weighted by molar-refractivity contribution is 6.31. The van der Waals surface area contributed by atoms with E-state index in [1.807, 2.05) is 19.1 Å². The number of alkyl halides is 1. The lowest BCUT2D eigenvalue weighted by molar-refractivity contribution is 1.05. The predicted molar refractivity (Wildman–Crippen MR) is 89.3 cm³/mol. The SMILES string of the molecule is Cc1ccc(C(Cl)c2c(C)c(C)cc(C)c2C)cc1Cl. The quantitative estimate of drug-likeness (QED) is 0.579. The molecule has 0 spiro atoms. The molecule has 0 saturated heterocycles. The Morgan fingerprint density at radius 1 is 0.800 bits per heavy atom. The molecule has 2 heteroatoms. The van der Waals surface area contributed by atoms with Gasteiger partial charge in [-0.15, -0.1) is 11.6 Å². The largest absolute Gasteiger partial charge is 0.113 e. The Morgan fingerprint density at radius 3 is 1.85 bits per heavy atom. The Hall–Kier alpha value is -0.980. The lowest BCUT2D eigenvalue weighted by Crippen LogP contribution is -2.03. The summed E-state index contributed by atoms with van der Waals surface area (Å²) in [5.41, 5.74) is 8.45. The van der Waals surface area contributed by atoms with Crippen LogP contribution in [0, 0.1) is 34.6 Å². The summed E-state index contributed by atoms with van der Waals surface area (Å²) in [6.07, 6.45) is 0. The Balaban J connectivity index is 2.58. The smallest absolute Gasteiger partial charge is 0.0841 e. The molecular weight excluding hydrogens is 287 g/mol. The second kappa shape index (κ2) is 5.79. The van der Waals surface area contributed by atoms with Gasteiger partial charge in [0.1, 0.15) is 0 Å². The van der Waals surface area contributed by atoms with E-state index in [0.717, 1.165) is 16.1 Å². The lowest BCUT2D eigenvalue weighted by Gasteiger charge is -2.20. The van der Waals surface area contributed by atoms with E-state index in [-0.39, 0.29) is 5.38 Å². The molecular formula is C18H20Cl2. The van der Waals surface area contributed by atoms with E-state index >= 15 is 0 Å². The van der Waals surface area contributed by atoms with E-state index in [4.69, 9.17) is 23.2 Å². The monoisotopic (exact) mass is 306 g/mol. The highest BCUT2D eigenvalue weighted by Crippen LogP contribution is 2.37. The molecule has 0 bridgehead atoms. The summed E-state index contributed by atoms with van der Waals surface area (Å²) in [6.45, 7) is 10.6. The van der Waals surface area contributed by atoms with Gasteiger partial charge in [0.2, 0.25) is 0 Å². The molecule has 0 aromatic heterocycles. The standard InChI is InChI=1S/C18H20Cl2/c1-10-6-7-15(9-16(10)19)18(20)17-13(4)11(2)8-12(3)14(17)5/h6-9,18H,1-5H3. The summed E-state index contributed by atoms with van der Waals surface area (Å²) in [6, 6.07) is 8.29. The van der Waals surface area contributed by atoms with Crippen LogP contribution in [0.5, 0.6) is 0 Å². The maximum Gasteiger partial charge on any atom is 0.0841 e. The second-order valence-corrected chi connectivity index (χ2v) is 6.39. The van der Waals surface area contributed by atoms with Crippen LogP contribution in [0.3, 0.4) is 0 Å². The first-order chi connectivity index (χ1) is 9.32. The Kier molecular flexibility index (Phi) is 4.46. The number of rotatable bonds is 2. The first-order valence-electron chi connectivity index (χ1n) is 6.80. The average molecular weight is 307 g/mol. The first-order valence-corrected chi connectivity index (χ1v) is 7.61. The summed E-state index contributed by atoms with van der Waals surface area (Å²) < 4.78 is 0. The van der Waals surface area contributed by atoms with Gasteiger partial charge in [-0.3, -0.25) is 0 Å². The molecule has 20 heavy (non-hydrogen) atoms. The van der Waals surface area contributed by atoms with E-state index < -0.39 is 0 Å². The van der Waals surface area contributed by atoms with E-state index in [2.05, 4.69) is 39.8 Å². The van der Waals surface area contributed by atoms with Crippen LogP contribution in [0.1, 0.15) is 44.3 Å². The van der Waals surface area contributed by atoms with Crippen LogP contribution in [0.2, 0.25) is 5.02 Å². The van der Waals surface area contributed by atoms with Crippen molar-refractivity contribution in [1.82, 2.24) is 0 Å². The van der Waals surface area contributed by atoms with Crippen molar-refractivity contribution in [3.05, 3.63) is 68.2 Å². The van der Waals surface area contributed by atoms with Crippen molar-refractivity contribution in [2.45, 2.75) is 40.0 Å². The van der Waals surface area contributed by atoms with Gasteiger partial charge in [-0.1, -0.05) is 29.8 Å². The molecule has 0 N–H and O–H groups in total. The summed E-state index contributed by atoms with van der Waals surface area (Å²) in [4.78, 5) is 0. The van der Waals surface area contributed by atoms with Crippen LogP contribution in [0.15, 0.2) is 24.3 Å². The Morgan fingerprint density at radius 2 is 1.35 bits per heavy atom. The van der Waals surface area contributed by atoms with Crippen molar-refractivity contribution in [2.75, 3.05) is 0 Å². The van der Waals surface area contributed by atoms with E-state index in [0.29, 0.717) is 0 Å². The molecule has 1 atom stereocenters. The van der Waals surface area contributed by atoms with Crippen molar-refractivity contribution in [2.24, 2.45) is 0 Å². The molecule has 1 unspecified atom stereocenters. The van der Waals surface area contributed by atoms with Crippen LogP contribution in [-0.2, 0) is 0 Å². The molecule has 0 saturated carbocycles. The van der Waals surface area contributed by atoms with Crippen LogP contribution in [-0.4, -0.2) is 0 Å². The van der Waals surface area contributed by atoms with Gasteiger partial charge in [0.05, 0.1) is 5.38 Å². The topological polar surface area (TPSA) is 0 Å². The van der Waals surface area contributed by atoms with Gasteiger partial charge < -0.3 is 0 Å². The van der Waals surface area contributed by atoms with E-state index in [9.17, 15) is 0 Å². The minimum atomic E-state index is -0.160. The third-order valence-electron chi connectivity index (χ3n) is 4.17. The fourth-order valence-electron chi connectivity index (χ4n) is 2.56. The maximum absolute atomic E-state index is 6.75. The van der Waals surface area contributed by atoms with Crippen LogP contribution >= 0.6 is 23.2 Å². The molecule has 2 rings (SSSR count). The lowest BCUT2D eigenvalue weighted by atomic mass is 9.89. The second-order valence-electron chi connectivity index (χ2n) is 5.55. The highest BCUT2D eigenvalue weighted by atomic mass is 35.5. The average Bonchev–Trinajstić information content (AvgIpc) is 2.40. The van der Waals surface area contributed by atoms with Gasteiger partial charge in [0.25, 0.3) is 0 Å². The fraction of sp³-hybridized carbons (Fsp3) is 0.333. The van der Waals surface area contributed by atoms with Crippen molar-refractivity contribution in [3.8, 4) is 0 Å². The molecule has 2 aromatic carbocycles. The van der Waals surface area contributed by atoms with Crippen molar-refractivity contribution in [3.63, 3.8) is 0 Å². The van der Waals surface area contributed by atoms with Gasteiger partial charge >= 0.3 is 0 Å². The summed E-state index contributed by atoms with van der Waals surface area (Å²) in [5.74, 6) is 0. The third-order valence-corrected chi connectivity index (χ3v) is 5.04. The van der Waals surface area contributed by atoms with Crippen LogP contribution in [0.25, 0.3) is 0 Å². The van der Waals surface area contributed by atoms with Crippen LogP contribution in [0.4, 0.5) is 0 Å². The number of hydrogen-bond donors (Lipinski definition) is 0. The molecule has 0 nitrogen and oxygen atoms in total. The van der Waals surface area contributed by atoms with Crippen LogP contribution < -0.4 is 0 Å². The molecule has 2 aromatic rings. The minimum Gasteiger partial charge on any atom is -0.113 e. The molecule has 0 amide bonds. The summed E-state index contributed by atoms with van der Waals surface area (Å²) in [5, 5.41) is 0.611. The fourth-order valence-corrected chi connectivity index (χ4v) is 3.21. The molecule has 0 aliphatic rings. The molecule has 0 radical (unpaired) electrons. The normalized spacial score (nSPS) is 12.6. The zero-order chi connectivity index (χ0) is 15.0. The molecule has 106 valence electrons. The predicted octanol–water partition coefficient (Wildman–Crippen LogP) is 6.21. The maximum atomic E-state index is 6.75. The van der Waals surface area contributed by atoms with Crippen molar-refractivity contribution < 1.29 is 0 Å². The summed E-state index contributed by atoms with van der Waals surface area (Å²) >= 11 is 13.0. The van der Waals surface area contributed by atoms with Gasteiger partial charge in [-0.25, -0.2) is 0 Å². The Bertz CT molecular complexity index is 631. The minimum absolute atomic E-state index is 0.160. The molecule has 0 aliphatic heterocycles. The first kappa shape index (κ1) is 15.4.